The highest BCUT2D eigenvalue weighted by atomic mass is 32.2. The molecule has 0 atom stereocenters. The van der Waals surface area contributed by atoms with Crippen molar-refractivity contribution in [2.45, 2.75) is 9.79 Å². The van der Waals surface area contributed by atoms with Gasteiger partial charge in [0.25, 0.3) is 0 Å². The van der Waals surface area contributed by atoms with Crippen LogP contribution in [-0.4, -0.2) is 31.0 Å². The Morgan fingerprint density at radius 3 is 2.11 bits per heavy atom. The molecule has 3 aromatic rings. The third-order valence-corrected chi connectivity index (χ3v) is 5.40. The summed E-state index contributed by atoms with van der Waals surface area (Å²) in [5.41, 5.74) is 5.06. The molecule has 10 nitrogen and oxygen atoms in total. The van der Waals surface area contributed by atoms with Crippen LogP contribution in [0.5, 0.6) is 5.75 Å². The highest BCUT2D eigenvalue weighted by Crippen LogP contribution is 2.44. The van der Waals surface area contributed by atoms with Crippen LogP contribution in [0.2, 0.25) is 0 Å². The number of azo groups is 1. The van der Waals surface area contributed by atoms with E-state index in [2.05, 4.69) is 10.2 Å². The van der Waals surface area contributed by atoms with Crippen molar-refractivity contribution in [3.8, 4) is 5.75 Å². The lowest BCUT2D eigenvalue weighted by molar-refractivity contribution is 0.458. The maximum atomic E-state index is 11.6. The van der Waals surface area contributed by atoms with Gasteiger partial charge in [-0.2, -0.15) is 5.11 Å². The molecule has 0 fully saturated rings. The fraction of sp³-hybridized carbons (Fsp3) is 0. The Bertz CT molecular complexity index is 1320. The predicted molar refractivity (Wildman–Crippen MR) is 96.6 cm³/mol. The van der Waals surface area contributed by atoms with Crippen molar-refractivity contribution < 1.29 is 31.0 Å². The van der Waals surface area contributed by atoms with Crippen molar-refractivity contribution in [2.75, 3.05) is 5.73 Å². The maximum Gasteiger partial charge on any atom is 0.154 e. The third kappa shape index (κ3) is 3.80. The molecule has 0 aromatic heterocycles. The highest BCUT2D eigenvalue weighted by molar-refractivity contribution is 7.86. The number of aromatic hydroxyl groups is 1. The first-order chi connectivity index (χ1) is 13.0. The average Bonchev–Trinajstić information content (AvgIpc) is 2.59. The zero-order chi connectivity index (χ0) is 20.7. The van der Waals surface area contributed by atoms with E-state index < -0.39 is 41.5 Å². The van der Waals surface area contributed by atoms with Crippen molar-refractivity contribution in [1.29, 1.82) is 0 Å². The second kappa shape index (κ2) is 6.83. The number of nitrogens with zero attached hydrogens (tertiary/aromatic N) is 2. The third-order valence-electron chi connectivity index (χ3n) is 3.73. The number of phenolic OH excluding ortho intramolecular Hbond substituents is 1. The largest absolute Gasteiger partial charge is 0.744 e. The van der Waals surface area contributed by atoms with Crippen LogP contribution in [-0.2, 0) is 20.2 Å². The van der Waals surface area contributed by atoms with Gasteiger partial charge in [0.2, 0.25) is 0 Å². The number of phenols is 1. The number of benzene rings is 3. The number of rotatable bonds is 4. The molecule has 0 saturated carbocycles. The first-order valence-corrected chi connectivity index (χ1v) is 10.3. The zero-order valence-corrected chi connectivity index (χ0v) is 15.4. The molecule has 0 bridgehead atoms. The van der Waals surface area contributed by atoms with Gasteiger partial charge in [0.1, 0.15) is 25.9 Å². The topological polar surface area (TPSA) is 185 Å². The lowest BCUT2D eigenvalue weighted by Crippen LogP contribution is -2.03. The molecule has 3 N–H and O–H groups in total. The maximum absolute atomic E-state index is 11.6. The smallest absolute Gasteiger partial charge is 0.154 e. The van der Waals surface area contributed by atoms with E-state index in [1.165, 1.54) is 0 Å². The Hall–Kier alpha value is -3.06. The number of nitrogens with two attached hydrogens (primary N) is 1. The Labute approximate surface area is 159 Å². The highest BCUT2D eigenvalue weighted by Gasteiger charge is 2.20. The first-order valence-electron chi connectivity index (χ1n) is 7.46. The summed E-state index contributed by atoms with van der Waals surface area (Å²) in [5.74, 6) is -0.793. The summed E-state index contributed by atoms with van der Waals surface area (Å²) >= 11 is 0. The van der Waals surface area contributed by atoms with E-state index in [4.69, 9.17) is 5.73 Å². The summed E-state index contributed by atoms with van der Waals surface area (Å²) in [6.07, 6.45) is 0. The van der Waals surface area contributed by atoms with E-state index in [1.54, 1.807) is 30.3 Å². The molecule has 0 unspecified atom stereocenters. The molecule has 12 heteroatoms. The standard InChI is InChI=1S/C16H13N3O7S2/c17-12-8-11(27(21,22)23)6-9-7-13(28(24,25)26)15(16(20)14(9)12)19-18-10-4-2-1-3-5-10/h1-8,20H,17H2,(H,21,22,23)(H,24,25,26)/p-2. The molecule has 0 aliphatic heterocycles. The van der Waals surface area contributed by atoms with Crippen LogP contribution in [0.1, 0.15) is 0 Å². The zero-order valence-electron chi connectivity index (χ0n) is 13.8. The van der Waals surface area contributed by atoms with E-state index in [1.807, 2.05) is 0 Å². The SMILES string of the molecule is Nc1cc(S(=O)(=O)[O-])cc2cc(S(=O)(=O)[O-])c(N=Nc3ccccc3)c(O)c12. The molecule has 0 saturated heterocycles. The molecule has 0 radical (unpaired) electrons. The molecular formula is C16H11N3O7S2-2. The van der Waals surface area contributed by atoms with E-state index >= 15 is 0 Å². The quantitative estimate of drug-likeness (QED) is 0.365. The summed E-state index contributed by atoms with van der Waals surface area (Å²) < 4.78 is 68.6. The Morgan fingerprint density at radius 1 is 0.893 bits per heavy atom. The van der Waals surface area contributed by atoms with Crippen LogP contribution < -0.4 is 5.73 Å². The first kappa shape index (κ1) is 19.7. The van der Waals surface area contributed by atoms with Crippen molar-refractivity contribution in [3.05, 3.63) is 48.5 Å². The van der Waals surface area contributed by atoms with Crippen LogP contribution in [0.15, 0.2) is 68.6 Å². The van der Waals surface area contributed by atoms with Gasteiger partial charge in [-0.05, 0) is 35.7 Å². The minimum absolute atomic E-state index is 0.179. The summed E-state index contributed by atoms with van der Waals surface area (Å²) in [6, 6.07) is 10.5. The Kier molecular flexibility index (Phi) is 4.81. The van der Waals surface area contributed by atoms with Crippen molar-refractivity contribution in [1.82, 2.24) is 0 Å². The lowest BCUT2D eigenvalue weighted by atomic mass is 10.1. The van der Waals surface area contributed by atoms with E-state index in [0.717, 1.165) is 18.2 Å². The van der Waals surface area contributed by atoms with Crippen molar-refractivity contribution in [3.63, 3.8) is 0 Å². The minimum atomic E-state index is -5.15. The summed E-state index contributed by atoms with van der Waals surface area (Å²) in [5, 5.41) is 17.5. The molecular weight excluding hydrogens is 410 g/mol. The van der Waals surface area contributed by atoms with E-state index in [9.17, 15) is 31.0 Å². The Balaban J connectivity index is 2.36. The van der Waals surface area contributed by atoms with E-state index in [-0.39, 0.29) is 16.5 Å². The van der Waals surface area contributed by atoms with Crippen LogP contribution in [0.4, 0.5) is 17.1 Å². The molecule has 146 valence electrons. The molecule has 3 aromatic carbocycles. The Morgan fingerprint density at radius 2 is 1.54 bits per heavy atom. The molecule has 0 aliphatic carbocycles. The van der Waals surface area contributed by atoms with Crippen molar-refractivity contribution >= 4 is 48.1 Å². The molecule has 3 rings (SSSR count). The summed E-state index contributed by atoms with van der Waals surface area (Å²) in [6.45, 7) is 0. The summed E-state index contributed by atoms with van der Waals surface area (Å²) in [4.78, 5) is -1.69. The second-order valence-electron chi connectivity index (χ2n) is 5.63. The molecule has 0 heterocycles. The fourth-order valence-electron chi connectivity index (χ4n) is 2.53. The molecule has 0 spiro atoms. The van der Waals surface area contributed by atoms with Gasteiger partial charge >= 0.3 is 0 Å². The van der Waals surface area contributed by atoms with Gasteiger partial charge in [0, 0.05) is 11.1 Å². The number of hydrogen-bond acceptors (Lipinski definition) is 10. The van der Waals surface area contributed by atoms with E-state index in [0.29, 0.717) is 5.69 Å². The average molecular weight is 421 g/mol. The molecule has 28 heavy (non-hydrogen) atoms. The number of anilines is 1. The lowest BCUT2D eigenvalue weighted by Gasteiger charge is -2.16. The van der Waals surface area contributed by atoms with Gasteiger partial charge in [-0.1, -0.05) is 18.2 Å². The number of hydrogen-bond donors (Lipinski definition) is 2. The van der Waals surface area contributed by atoms with Gasteiger partial charge in [-0.3, -0.25) is 0 Å². The normalized spacial score (nSPS) is 12.6. The van der Waals surface area contributed by atoms with Crippen LogP contribution >= 0.6 is 0 Å². The molecule has 0 aliphatic rings. The van der Waals surface area contributed by atoms with Gasteiger partial charge in [0.05, 0.1) is 15.5 Å². The minimum Gasteiger partial charge on any atom is -0.744 e. The van der Waals surface area contributed by atoms with Gasteiger partial charge in [-0.25, -0.2) is 16.8 Å². The number of fused-ring (bicyclic) bond motifs is 1. The van der Waals surface area contributed by atoms with Crippen LogP contribution in [0.3, 0.4) is 0 Å². The van der Waals surface area contributed by atoms with Gasteiger partial charge in [0.15, 0.2) is 5.75 Å². The van der Waals surface area contributed by atoms with Crippen LogP contribution in [0.25, 0.3) is 10.8 Å². The monoisotopic (exact) mass is 421 g/mol. The van der Waals surface area contributed by atoms with Crippen molar-refractivity contribution in [2.24, 2.45) is 10.2 Å². The predicted octanol–water partition coefficient (Wildman–Crippen LogP) is 2.35. The number of nitrogen functional groups attached to an aromatic ring is 1. The fourth-order valence-corrected chi connectivity index (χ4v) is 3.71. The summed E-state index contributed by atoms with van der Waals surface area (Å²) in [7, 11) is -10.1. The molecule has 0 amide bonds. The van der Waals surface area contributed by atoms with Crippen LogP contribution in [0, 0.1) is 0 Å². The van der Waals surface area contributed by atoms with Gasteiger partial charge < -0.3 is 19.9 Å². The second-order valence-corrected chi connectivity index (χ2v) is 8.35. The van der Waals surface area contributed by atoms with Gasteiger partial charge in [-0.15, -0.1) is 5.11 Å².